The fraction of sp³-hybridized carbons (Fsp3) is 0.0667. The summed E-state index contributed by atoms with van der Waals surface area (Å²) in [6.45, 7) is 0. The largest absolute Gasteiger partial charge is 0.334 e. The van der Waals surface area contributed by atoms with Crippen molar-refractivity contribution in [2.45, 2.75) is 6.42 Å². The van der Waals surface area contributed by atoms with Crippen molar-refractivity contribution >= 4 is 28.6 Å². The van der Waals surface area contributed by atoms with Crippen LogP contribution in [-0.2, 0) is 6.42 Å². The van der Waals surface area contributed by atoms with Gasteiger partial charge in [0.05, 0.1) is 5.02 Å². The monoisotopic (exact) mass is 344 g/mol. The molecular formula is C15H9ClN4O2S. The number of aromatic nitrogens is 4. The molecule has 0 aliphatic rings. The Labute approximate surface area is 139 Å². The van der Waals surface area contributed by atoms with Crippen molar-refractivity contribution < 1.29 is 4.52 Å². The van der Waals surface area contributed by atoms with Crippen LogP contribution in [0.25, 0.3) is 17.1 Å². The van der Waals surface area contributed by atoms with Crippen molar-refractivity contribution in [1.29, 1.82) is 0 Å². The lowest BCUT2D eigenvalue weighted by molar-refractivity contribution is 0.423. The molecule has 4 heterocycles. The molecular weight excluding hydrogens is 336 g/mol. The first-order chi connectivity index (χ1) is 11.2. The molecule has 0 saturated carbocycles. The van der Waals surface area contributed by atoms with Crippen LogP contribution < -0.4 is 5.56 Å². The van der Waals surface area contributed by atoms with E-state index in [4.69, 9.17) is 16.1 Å². The minimum absolute atomic E-state index is 0.156. The van der Waals surface area contributed by atoms with Crippen molar-refractivity contribution in [3.8, 4) is 11.5 Å². The van der Waals surface area contributed by atoms with Crippen LogP contribution in [0, 0.1) is 0 Å². The molecule has 0 aliphatic heterocycles. The number of hydrogen-bond donors (Lipinski definition) is 0. The van der Waals surface area contributed by atoms with E-state index in [0.717, 1.165) is 4.88 Å². The van der Waals surface area contributed by atoms with Gasteiger partial charge in [-0.3, -0.25) is 9.20 Å². The van der Waals surface area contributed by atoms with Gasteiger partial charge in [0, 0.05) is 23.7 Å². The SMILES string of the molecule is O=c1c(-c2nc(Cc3sccc3Cl)no2)cnc2ccccn12. The highest BCUT2D eigenvalue weighted by molar-refractivity contribution is 7.10. The second kappa shape index (κ2) is 5.60. The lowest BCUT2D eigenvalue weighted by atomic mass is 10.3. The molecule has 4 rings (SSSR count). The van der Waals surface area contributed by atoms with Crippen LogP contribution in [-0.4, -0.2) is 19.5 Å². The number of thiophene rings is 1. The van der Waals surface area contributed by atoms with E-state index in [2.05, 4.69) is 15.1 Å². The number of fused-ring (bicyclic) bond motifs is 1. The molecule has 0 bridgehead atoms. The Hall–Kier alpha value is -2.51. The van der Waals surface area contributed by atoms with Crippen LogP contribution in [0.4, 0.5) is 0 Å². The van der Waals surface area contributed by atoms with Gasteiger partial charge in [0.25, 0.3) is 11.4 Å². The van der Waals surface area contributed by atoms with Crippen molar-refractivity contribution in [3.63, 3.8) is 0 Å². The Bertz CT molecular complexity index is 1050. The highest BCUT2D eigenvalue weighted by Gasteiger charge is 2.15. The topological polar surface area (TPSA) is 73.3 Å². The smallest absolute Gasteiger partial charge is 0.270 e. The average Bonchev–Trinajstić information content (AvgIpc) is 3.18. The van der Waals surface area contributed by atoms with Crippen LogP contribution >= 0.6 is 22.9 Å². The molecule has 4 aromatic heterocycles. The third-order valence-electron chi connectivity index (χ3n) is 3.32. The Balaban J connectivity index is 1.73. The van der Waals surface area contributed by atoms with Crippen LogP contribution in [0.3, 0.4) is 0 Å². The highest BCUT2D eigenvalue weighted by Crippen LogP contribution is 2.24. The first-order valence-electron chi connectivity index (χ1n) is 6.73. The average molecular weight is 345 g/mol. The minimum atomic E-state index is -0.250. The van der Waals surface area contributed by atoms with Gasteiger partial charge in [-0.2, -0.15) is 4.98 Å². The molecule has 0 N–H and O–H groups in total. The zero-order chi connectivity index (χ0) is 15.8. The Morgan fingerprint density at radius 3 is 3.04 bits per heavy atom. The van der Waals surface area contributed by atoms with Crippen molar-refractivity contribution in [3.05, 3.63) is 68.1 Å². The predicted molar refractivity (Wildman–Crippen MR) is 86.9 cm³/mol. The summed E-state index contributed by atoms with van der Waals surface area (Å²) in [5.41, 5.74) is 0.580. The van der Waals surface area contributed by atoms with E-state index < -0.39 is 0 Å². The van der Waals surface area contributed by atoms with E-state index in [1.807, 2.05) is 17.5 Å². The molecule has 0 amide bonds. The molecule has 4 aromatic rings. The molecule has 0 saturated heterocycles. The molecule has 6 nitrogen and oxygen atoms in total. The van der Waals surface area contributed by atoms with Gasteiger partial charge in [0.2, 0.25) is 0 Å². The van der Waals surface area contributed by atoms with E-state index in [1.165, 1.54) is 21.9 Å². The minimum Gasteiger partial charge on any atom is -0.334 e. The highest BCUT2D eigenvalue weighted by atomic mass is 35.5. The van der Waals surface area contributed by atoms with E-state index in [9.17, 15) is 4.79 Å². The van der Waals surface area contributed by atoms with Gasteiger partial charge in [-0.25, -0.2) is 4.98 Å². The molecule has 0 spiro atoms. The van der Waals surface area contributed by atoms with Crippen LogP contribution in [0.2, 0.25) is 5.02 Å². The number of rotatable bonds is 3. The third kappa shape index (κ3) is 2.54. The summed E-state index contributed by atoms with van der Waals surface area (Å²) in [7, 11) is 0. The molecule has 8 heteroatoms. The quantitative estimate of drug-likeness (QED) is 0.571. The normalized spacial score (nSPS) is 11.2. The molecule has 0 atom stereocenters. The Morgan fingerprint density at radius 1 is 1.30 bits per heavy atom. The third-order valence-corrected chi connectivity index (χ3v) is 4.71. The summed E-state index contributed by atoms with van der Waals surface area (Å²) < 4.78 is 6.66. The van der Waals surface area contributed by atoms with Crippen molar-refractivity contribution in [2.24, 2.45) is 0 Å². The summed E-state index contributed by atoms with van der Waals surface area (Å²) >= 11 is 7.59. The summed E-state index contributed by atoms with van der Waals surface area (Å²) in [5, 5.41) is 6.49. The predicted octanol–water partition coefficient (Wildman–Crippen LogP) is 3.05. The van der Waals surface area contributed by atoms with E-state index in [0.29, 0.717) is 22.9 Å². The maximum Gasteiger partial charge on any atom is 0.270 e. The maximum atomic E-state index is 12.5. The molecule has 0 aromatic carbocycles. The fourth-order valence-corrected chi connectivity index (χ4v) is 3.30. The number of pyridine rings is 1. The fourth-order valence-electron chi connectivity index (χ4n) is 2.20. The number of nitrogens with zero attached hydrogens (tertiary/aromatic N) is 4. The van der Waals surface area contributed by atoms with Gasteiger partial charge < -0.3 is 4.52 Å². The first-order valence-corrected chi connectivity index (χ1v) is 7.99. The lowest BCUT2D eigenvalue weighted by Crippen LogP contribution is -2.16. The van der Waals surface area contributed by atoms with Crippen molar-refractivity contribution in [2.75, 3.05) is 0 Å². The van der Waals surface area contributed by atoms with E-state index in [-0.39, 0.29) is 17.0 Å². The van der Waals surface area contributed by atoms with Gasteiger partial charge >= 0.3 is 0 Å². The molecule has 0 unspecified atom stereocenters. The summed E-state index contributed by atoms with van der Waals surface area (Å²) in [6.07, 6.45) is 3.56. The van der Waals surface area contributed by atoms with Gasteiger partial charge in [0.15, 0.2) is 5.82 Å². The summed E-state index contributed by atoms with van der Waals surface area (Å²) in [4.78, 5) is 22.0. The standard InChI is InChI=1S/C15H9ClN4O2S/c16-10-4-6-23-11(10)7-12-18-14(22-19-12)9-8-17-13-3-1-2-5-20(13)15(9)21/h1-6,8H,7H2. The van der Waals surface area contributed by atoms with Gasteiger partial charge in [0.1, 0.15) is 11.2 Å². The van der Waals surface area contributed by atoms with Crippen molar-refractivity contribution in [1.82, 2.24) is 19.5 Å². The molecule has 23 heavy (non-hydrogen) atoms. The number of hydrogen-bond acceptors (Lipinski definition) is 6. The summed E-state index contributed by atoms with van der Waals surface area (Å²) in [6, 6.07) is 7.15. The Morgan fingerprint density at radius 2 is 2.22 bits per heavy atom. The number of halogens is 1. The molecule has 0 radical (unpaired) electrons. The summed E-state index contributed by atoms with van der Waals surface area (Å²) in [5.74, 6) is 0.630. The van der Waals surface area contributed by atoms with Crippen LogP contribution in [0.5, 0.6) is 0 Å². The van der Waals surface area contributed by atoms with Crippen LogP contribution in [0.15, 0.2) is 51.4 Å². The molecule has 114 valence electrons. The van der Waals surface area contributed by atoms with E-state index in [1.54, 1.807) is 18.3 Å². The van der Waals surface area contributed by atoms with Crippen LogP contribution in [0.1, 0.15) is 10.7 Å². The van der Waals surface area contributed by atoms with Gasteiger partial charge in [-0.05, 0) is 23.6 Å². The zero-order valence-electron chi connectivity index (χ0n) is 11.6. The second-order valence-electron chi connectivity index (χ2n) is 4.79. The van der Waals surface area contributed by atoms with Gasteiger partial charge in [-0.1, -0.05) is 22.8 Å². The molecule has 0 fully saturated rings. The lowest BCUT2D eigenvalue weighted by Gasteiger charge is -1.99. The molecule has 0 aliphatic carbocycles. The second-order valence-corrected chi connectivity index (χ2v) is 6.20. The maximum absolute atomic E-state index is 12.5. The van der Waals surface area contributed by atoms with Gasteiger partial charge in [-0.15, -0.1) is 11.3 Å². The van der Waals surface area contributed by atoms with E-state index >= 15 is 0 Å². The zero-order valence-corrected chi connectivity index (χ0v) is 13.2. The first kappa shape index (κ1) is 14.1. The Kier molecular flexibility index (Phi) is 3.44.